The molecule has 0 saturated carbocycles. The second-order valence-electron chi connectivity index (χ2n) is 6.16. The number of carbonyl (C=O) groups excluding carboxylic acids is 1. The third-order valence-corrected chi connectivity index (χ3v) is 2.79. The van der Waals surface area contributed by atoms with E-state index in [-0.39, 0.29) is 6.10 Å². The van der Waals surface area contributed by atoms with E-state index in [1.807, 2.05) is 45.9 Å². The van der Waals surface area contributed by atoms with Gasteiger partial charge in [0.25, 0.3) is 0 Å². The average Bonchev–Trinajstić information content (AvgIpc) is 2.27. The molecule has 1 atom stereocenters. The molecule has 1 aromatic rings. The summed E-state index contributed by atoms with van der Waals surface area (Å²) in [5.74, 6) is 0. The van der Waals surface area contributed by atoms with Crippen molar-refractivity contribution in [3.8, 4) is 0 Å². The maximum absolute atomic E-state index is 11.8. The van der Waals surface area contributed by atoms with Gasteiger partial charge in [0.15, 0.2) is 0 Å². The maximum atomic E-state index is 11.8. The Labute approximate surface area is 121 Å². The van der Waals surface area contributed by atoms with Crippen LogP contribution < -0.4 is 5.32 Å². The fourth-order valence-electron chi connectivity index (χ4n) is 1.75. The number of carbonyl (C=O) groups is 1. The van der Waals surface area contributed by atoms with Gasteiger partial charge in [0.05, 0.1) is 6.10 Å². The van der Waals surface area contributed by atoms with E-state index in [9.17, 15) is 9.90 Å². The van der Waals surface area contributed by atoms with Crippen molar-refractivity contribution in [1.29, 1.82) is 0 Å². The van der Waals surface area contributed by atoms with Gasteiger partial charge in [-0.15, -0.1) is 0 Å². The van der Waals surface area contributed by atoms with Crippen molar-refractivity contribution in [2.75, 3.05) is 5.32 Å². The fourth-order valence-corrected chi connectivity index (χ4v) is 1.75. The normalized spacial score (nSPS) is 12.9. The van der Waals surface area contributed by atoms with Gasteiger partial charge in [0, 0.05) is 5.69 Å². The van der Waals surface area contributed by atoms with Gasteiger partial charge in [0.2, 0.25) is 0 Å². The number of rotatable bonds is 4. The smallest absolute Gasteiger partial charge is 0.412 e. The van der Waals surface area contributed by atoms with Crippen LogP contribution in [0, 0.1) is 6.92 Å². The molecule has 0 fully saturated rings. The van der Waals surface area contributed by atoms with E-state index in [2.05, 4.69) is 5.32 Å². The van der Waals surface area contributed by atoms with E-state index >= 15 is 0 Å². The molecular formula is C16H25NO3. The van der Waals surface area contributed by atoms with Crippen LogP contribution in [0.3, 0.4) is 0 Å². The zero-order chi connectivity index (χ0) is 15.3. The molecule has 0 saturated heterocycles. The highest BCUT2D eigenvalue weighted by atomic mass is 16.6. The van der Waals surface area contributed by atoms with Gasteiger partial charge in [-0.05, 0) is 64.7 Å². The van der Waals surface area contributed by atoms with Crippen LogP contribution in [0.5, 0.6) is 0 Å². The number of amides is 1. The van der Waals surface area contributed by atoms with Crippen LogP contribution in [-0.4, -0.2) is 22.9 Å². The molecule has 0 bridgehead atoms. The summed E-state index contributed by atoms with van der Waals surface area (Å²) in [5, 5.41) is 12.1. The highest BCUT2D eigenvalue weighted by Crippen LogP contribution is 2.19. The third-order valence-electron chi connectivity index (χ3n) is 2.79. The summed E-state index contributed by atoms with van der Waals surface area (Å²) < 4.78 is 5.24. The first-order valence-electron chi connectivity index (χ1n) is 6.95. The van der Waals surface area contributed by atoms with Crippen LogP contribution in [-0.2, 0) is 11.2 Å². The lowest BCUT2D eigenvalue weighted by atomic mass is 10.0. The van der Waals surface area contributed by atoms with E-state index in [1.54, 1.807) is 6.92 Å². The van der Waals surface area contributed by atoms with Crippen LogP contribution in [0.2, 0.25) is 0 Å². The van der Waals surface area contributed by atoms with Crippen molar-refractivity contribution in [3.63, 3.8) is 0 Å². The zero-order valence-electron chi connectivity index (χ0n) is 13.0. The standard InChI is InChI=1S/C16H25NO3/c1-11-6-8-13(9-7-12(2)18)10-14(11)17-15(19)20-16(3,4)5/h6,8,10,12,18H,7,9H2,1-5H3,(H,17,19)/t12-/m1/s1. The van der Waals surface area contributed by atoms with Crippen molar-refractivity contribution in [1.82, 2.24) is 0 Å². The lowest BCUT2D eigenvalue weighted by molar-refractivity contribution is 0.0636. The minimum Gasteiger partial charge on any atom is -0.444 e. The molecule has 0 heterocycles. The summed E-state index contributed by atoms with van der Waals surface area (Å²) in [4.78, 5) is 11.8. The molecule has 1 aromatic carbocycles. The molecular weight excluding hydrogens is 254 g/mol. The Morgan fingerprint density at radius 3 is 2.60 bits per heavy atom. The number of benzene rings is 1. The van der Waals surface area contributed by atoms with E-state index in [0.29, 0.717) is 6.42 Å². The average molecular weight is 279 g/mol. The summed E-state index contributed by atoms with van der Waals surface area (Å²) in [6.45, 7) is 9.20. The monoisotopic (exact) mass is 279 g/mol. The van der Waals surface area contributed by atoms with E-state index < -0.39 is 11.7 Å². The molecule has 0 aliphatic rings. The van der Waals surface area contributed by atoms with Crippen LogP contribution in [0.15, 0.2) is 18.2 Å². The Balaban J connectivity index is 2.73. The Kier molecular flexibility index (Phi) is 5.57. The molecule has 112 valence electrons. The summed E-state index contributed by atoms with van der Waals surface area (Å²) in [5.41, 5.74) is 2.31. The van der Waals surface area contributed by atoms with E-state index in [1.165, 1.54) is 0 Å². The number of aryl methyl sites for hydroxylation is 2. The van der Waals surface area contributed by atoms with Crippen molar-refractivity contribution in [2.24, 2.45) is 0 Å². The van der Waals surface area contributed by atoms with Crippen LogP contribution in [0.1, 0.15) is 45.2 Å². The molecule has 0 spiro atoms. The number of aliphatic hydroxyl groups excluding tert-OH is 1. The van der Waals surface area contributed by atoms with Crippen LogP contribution >= 0.6 is 0 Å². The molecule has 1 rings (SSSR count). The van der Waals surface area contributed by atoms with Gasteiger partial charge in [0.1, 0.15) is 5.60 Å². The lowest BCUT2D eigenvalue weighted by Crippen LogP contribution is -2.27. The van der Waals surface area contributed by atoms with Gasteiger partial charge in [-0.25, -0.2) is 4.79 Å². The molecule has 0 aromatic heterocycles. The maximum Gasteiger partial charge on any atom is 0.412 e. The Hall–Kier alpha value is -1.55. The van der Waals surface area contributed by atoms with E-state index in [0.717, 1.165) is 23.2 Å². The highest BCUT2D eigenvalue weighted by Gasteiger charge is 2.16. The molecule has 0 aliphatic carbocycles. The van der Waals surface area contributed by atoms with Gasteiger partial charge in [-0.1, -0.05) is 12.1 Å². The first-order chi connectivity index (χ1) is 9.17. The summed E-state index contributed by atoms with van der Waals surface area (Å²) >= 11 is 0. The van der Waals surface area contributed by atoms with Crippen LogP contribution in [0.25, 0.3) is 0 Å². The number of hydrogen-bond donors (Lipinski definition) is 2. The summed E-state index contributed by atoms with van der Waals surface area (Å²) in [6, 6.07) is 5.91. The van der Waals surface area contributed by atoms with Gasteiger partial charge in [-0.3, -0.25) is 5.32 Å². The van der Waals surface area contributed by atoms with Crippen molar-refractivity contribution < 1.29 is 14.6 Å². The fraction of sp³-hybridized carbons (Fsp3) is 0.562. The minimum atomic E-state index is -0.512. The van der Waals surface area contributed by atoms with Gasteiger partial charge >= 0.3 is 6.09 Å². The number of ether oxygens (including phenoxy) is 1. The highest BCUT2D eigenvalue weighted by molar-refractivity contribution is 5.86. The molecule has 20 heavy (non-hydrogen) atoms. The molecule has 4 nitrogen and oxygen atoms in total. The second-order valence-corrected chi connectivity index (χ2v) is 6.16. The number of hydrogen-bond acceptors (Lipinski definition) is 3. The molecule has 0 radical (unpaired) electrons. The minimum absolute atomic E-state index is 0.321. The molecule has 0 unspecified atom stereocenters. The molecule has 2 N–H and O–H groups in total. The first-order valence-corrected chi connectivity index (χ1v) is 6.95. The third kappa shape index (κ3) is 6.06. The number of anilines is 1. The topological polar surface area (TPSA) is 58.6 Å². The summed E-state index contributed by atoms with van der Waals surface area (Å²) in [6.07, 6.45) is 0.711. The van der Waals surface area contributed by atoms with Crippen molar-refractivity contribution >= 4 is 11.8 Å². The van der Waals surface area contributed by atoms with Gasteiger partial charge < -0.3 is 9.84 Å². The largest absolute Gasteiger partial charge is 0.444 e. The molecule has 1 amide bonds. The Morgan fingerprint density at radius 2 is 2.05 bits per heavy atom. The van der Waals surface area contributed by atoms with Crippen molar-refractivity contribution in [2.45, 2.75) is 59.2 Å². The quantitative estimate of drug-likeness (QED) is 0.884. The van der Waals surface area contributed by atoms with Crippen LogP contribution in [0.4, 0.5) is 10.5 Å². The Morgan fingerprint density at radius 1 is 1.40 bits per heavy atom. The molecule has 0 aliphatic heterocycles. The predicted octanol–water partition coefficient (Wildman–Crippen LogP) is 3.66. The van der Waals surface area contributed by atoms with Gasteiger partial charge in [-0.2, -0.15) is 0 Å². The lowest BCUT2D eigenvalue weighted by Gasteiger charge is -2.20. The number of aliphatic hydroxyl groups is 1. The van der Waals surface area contributed by atoms with E-state index in [4.69, 9.17) is 4.74 Å². The summed E-state index contributed by atoms with van der Waals surface area (Å²) in [7, 11) is 0. The number of nitrogens with one attached hydrogen (secondary N) is 1. The zero-order valence-corrected chi connectivity index (χ0v) is 13.0. The SMILES string of the molecule is Cc1ccc(CC[C@@H](C)O)cc1NC(=O)OC(C)(C)C. The molecule has 4 heteroatoms. The Bertz CT molecular complexity index is 461. The first kappa shape index (κ1) is 16.5. The predicted molar refractivity (Wildman–Crippen MR) is 81.0 cm³/mol. The van der Waals surface area contributed by atoms with Crippen molar-refractivity contribution in [3.05, 3.63) is 29.3 Å². The second kappa shape index (κ2) is 6.75.